The summed E-state index contributed by atoms with van der Waals surface area (Å²) in [6.45, 7) is -0.230. The van der Waals surface area contributed by atoms with Gasteiger partial charge in [0.2, 0.25) is 0 Å². The van der Waals surface area contributed by atoms with E-state index >= 15 is 0 Å². The predicted octanol–water partition coefficient (Wildman–Crippen LogP) is 2.17. The molecule has 1 aliphatic heterocycles. The fourth-order valence-corrected chi connectivity index (χ4v) is 1.52. The van der Waals surface area contributed by atoms with Crippen LogP contribution in [-0.2, 0) is 9.47 Å². The molecule has 0 bridgehead atoms. The summed E-state index contributed by atoms with van der Waals surface area (Å²) in [4.78, 5) is 1.77. The van der Waals surface area contributed by atoms with E-state index in [1.807, 2.05) is 0 Å². The van der Waals surface area contributed by atoms with E-state index in [1.54, 1.807) is 4.90 Å². The number of morpholine rings is 1. The summed E-state index contributed by atoms with van der Waals surface area (Å²) >= 11 is 0. The van der Waals surface area contributed by atoms with E-state index in [-0.39, 0.29) is 13.2 Å². The highest BCUT2D eigenvalue weighted by Gasteiger charge is 2.72. The molecule has 0 spiro atoms. The van der Waals surface area contributed by atoms with Gasteiger partial charge in [-0.2, -0.15) is 30.7 Å². The van der Waals surface area contributed by atoms with Crippen molar-refractivity contribution in [2.45, 2.75) is 18.0 Å². The molecule has 0 N–H and O–H groups in total. The summed E-state index contributed by atoms with van der Waals surface area (Å²) < 4.78 is 95.4. The SMILES string of the molecule is FC(F)(F)C(F)(F)C(F)(F)COCCN1CCOCC1. The first-order valence-electron chi connectivity index (χ1n) is 5.78. The van der Waals surface area contributed by atoms with Crippen molar-refractivity contribution in [2.24, 2.45) is 0 Å². The summed E-state index contributed by atoms with van der Waals surface area (Å²) in [6, 6.07) is 0. The molecule has 0 aromatic carbocycles. The molecule has 20 heavy (non-hydrogen) atoms. The maximum Gasteiger partial charge on any atom is 0.459 e. The van der Waals surface area contributed by atoms with Crippen molar-refractivity contribution in [1.29, 1.82) is 0 Å². The van der Waals surface area contributed by atoms with E-state index in [9.17, 15) is 30.7 Å². The van der Waals surface area contributed by atoms with E-state index in [0.717, 1.165) is 0 Å². The lowest BCUT2D eigenvalue weighted by Crippen LogP contribution is -2.54. The third kappa shape index (κ3) is 4.19. The number of hydrogen-bond donors (Lipinski definition) is 0. The first-order valence-corrected chi connectivity index (χ1v) is 5.78. The lowest BCUT2D eigenvalue weighted by atomic mass is 10.2. The molecule has 1 saturated heterocycles. The number of ether oxygens (including phenoxy) is 2. The lowest BCUT2D eigenvalue weighted by molar-refractivity contribution is -0.361. The minimum Gasteiger partial charge on any atom is -0.379 e. The van der Waals surface area contributed by atoms with Gasteiger partial charge < -0.3 is 9.47 Å². The topological polar surface area (TPSA) is 21.7 Å². The summed E-state index contributed by atoms with van der Waals surface area (Å²) in [5, 5.41) is 0. The zero-order valence-corrected chi connectivity index (χ0v) is 10.4. The monoisotopic (exact) mass is 313 g/mol. The van der Waals surface area contributed by atoms with Crippen molar-refractivity contribution in [2.75, 3.05) is 46.1 Å². The van der Waals surface area contributed by atoms with Crippen LogP contribution in [0.5, 0.6) is 0 Å². The number of rotatable bonds is 6. The molecular formula is C10H14F7NO2. The number of hydrogen-bond acceptors (Lipinski definition) is 3. The molecule has 0 saturated carbocycles. The molecular weight excluding hydrogens is 299 g/mol. The Labute approximate surface area is 110 Å². The summed E-state index contributed by atoms with van der Waals surface area (Å²) in [6.07, 6.45) is -6.32. The van der Waals surface area contributed by atoms with Gasteiger partial charge in [-0.25, -0.2) is 0 Å². The van der Waals surface area contributed by atoms with E-state index in [1.165, 1.54) is 0 Å². The Bertz CT molecular complexity index is 302. The van der Waals surface area contributed by atoms with Crippen LogP contribution >= 0.6 is 0 Å². The predicted molar refractivity (Wildman–Crippen MR) is 54.0 cm³/mol. The number of nitrogens with zero attached hydrogens (tertiary/aromatic N) is 1. The van der Waals surface area contributed by atoms with Crippen LogP contribution in [0.3, 0.4) is 0 Å². The van der Waals surface area contributed by atoms with Gasteiger partial charge in [0.15, 0.2) is 0 Å². The van der Waals surface area contributed by atoms with Gasteiger partial charge in [0, 0.05) is 19.6 Å². The fourth-order valence-electron chi connectivity index (χ4n) is 1.52. The normalized spacial score (nSPS) is 19.4. The molecule has 0 aromatic rings. The van der Waals surface area contributed by atoms with Crippen LogP contribution in [0.15, 0.2) is 0 Å². The second-order valence-corrected chi connectivity index (χ2v) is 4.28. The highest BCUT2D eigenvalue weighted by Crippen LogP contribution is 2.46. The molecule has 3 nitrogen and oxygen atoms in total. The van der Waals surface area contributed by atoms with Crippen LogP contribution in [0.25, 0.3) is 0 Å². The maximum atomic E-state index is 12.8. The highest BCUT2D eigenvalue weighted by molar-refractivity contribution is 4.90. The van der Waals surface area contributed by atoms with Crippen LogP contribution in [0.1, 0.15) is 0 Å². The molecule has 120 valence electrons. The summed E-state index contributed by atoms with van der Waals surface area (Å²) in [7, 11) is 0. The zero-order valence-electron chi connectivity index (χ0n) is 10.4. The van der Waals surface area contributed by atoms with Crippen LogP contribution < -0.4 is 0 Å². The van der Waals surface area contributed by atoms with Crippen molar-refractivity contribution in [1.82, 2.24) is 4.90 Å². The minimum absolute atomic E-state index is 0.164. The average Bonchev–Trinajstić information content (AvgIpc) is 2.34. The number of alkyl halides is 7. The molecule has 10 heteroatoms. The van der Waals surface area contributed by atoms with E-state index in [2.05, 4.69) is 4.74 Å². The van der Waals surface area contributed by atoms with E-state index in [4.69, 9.17) is 4.74 Å². The van der Waals surface area contributed by atoms with Crippen molar-refractivity contribution in [3.05, 3.63) is 0 Å². The van der Waals surface area contributed by atoms with Gasteiger partial charge in [-0.05, 0) is 0 Å². The van der Waals surface area contributed by atoms with Crippen molar-refractivity contribution in [3.63, 3.8) is 0 Å². The molecule has 1 heterocycles. The highest BCUT2D eigenvalue weighted by atomic mass is 19.4. The fraction of sp³-hybridized carbons (Fsp3) is 1.00. The van der Waals surface area contributed by atoms with E-state index < -0.39 is 24.6 Å². The molecule has 1 aliphatic rings. The smallest absolute Gasteiger partial charge is 0.379 e. The molecule has 0 unspecified atom stereocenters. The first-order chi connectivity index (χ1) is 9.08. The molecule has 1 fully saturated rings. The second kappa shape index (κ2) is 6.44. The Morgan fingerprint density at radius 3 is 2.00 bits per heavy atom. The third-order valence-corrected chi connectivity index (χ3v) is 2.75. The largest absolute Gasteiger partial charge is 0.459 e. The Kier molecular flexibility index (Phi) is 5.61. The molecule has 1 rings (SSSR count). The number of halogens is 7. The Morgan fingerprint density at radius 1 is 0.950 bits per heavy atom. The van der Waals surface area contributed by atoms with Gasteiger partial charge in [-0.3, -0.25) is 4.90 Å². The quantitative estimate of drug-likeness (QED) is 0.554. The third-order valence-electron chi connectivity index (χ3n) is 2.75. The van der Waals surface area contributed by atoms with Gasteiger partial charge in [-0.15, -0.1) is 0 Å². The average molecular weight is 313 g/mol. The molecule has 0 aromatic heterocycles. The minimum atomic E-state index is -6.32. The standard InChI is InChI=1S/C10H14F7NO2/c11-8(12,9(13,14)10(15,16)17)7-20-6-3-18-1-4-19-5-2-18/h1-7H2. The van der Waals surface area contributed by atoms with Crippen LogP contribution in [0.4, 0.5) is 30.7 Å². The van der Waals surface area contributed by atoms with Gasteiger partial charge in [0.25, 0.3) is 0 Å². The molecule has 0 amide bonds. The first kappa shape index (κ1) is 17.4. The van der Waals surface area contributed by atoms with Crippen molar-refractivity contribution >= 4 is 0 Å². The van der Waals surface area contributed by atoms with Gasteiger partial charge in [0.05, 0.1) is 19.8 Å². The van der Waals surface area contributed by atoms with E-state index in [0.29, 0.717) is 26.3 Å². The van der Waals surface area contributed by atoms with Gasteiger partial charge in [0.1, 0.15) is 6.61 Å². The summed E-state index contributed by atoms with van der Waals surface area (Å²) in [5.74, 6) is -11.4. The van der Waals surface area contributed by atoms with Gasteiger partial charge in [-0.1, -0.05) is 0 Å². The Hall–Kier alpha value is -0.610. The Balaban J connectivity index is 2.35. The van der Waals surface area contributed by atoms with Crippen molar-refractivity contribution in [3.8, 4) is 0 Å². The van der Waals surface area contributed by atoms with Gasteiger partial charge >= 0.3 is 18.0 Å². The van der Waals surface area contributed by atoms with Crippen LogP contribution in [0.2, 0.25) is 0 Å². The molecule has 0 aliphatic carbocycles. The second-order valence-electron chi connectivity index (χ2n) is 4.28. The van der Waals surface area contributed by atoms with Crippen LogP contribution in [0, 0.1) is 0 Å². The molecule has 0 radical (unpaired) electrons. The lowest BCUT2D eigenvalue weighted by Gasteiger charge is -2.29. The summed E-state index contributed by atoms with van der Waals surface area (Å²) in [5.41, 5.74) is 0. The Morgan fingerprint density at radius 2 is 1.50 bits per heavy atom. The maximum absolute atomic E-state index is 12.8. The van der Waals surface area contributed by atoms with Crippen molar-refractivity contribution < 1.29 is 40.2 Å². The molecule has 0 atom stereocenters. The van der Waals surface area contributed by atoms with Crippen LogP contribution in [-0.4, -0.2) is 69.0 Å². The zero-order chi connectivity index (χ0) is 15.4.